The zero-order chi connectivity index (χ0) is 11.4. The lowest BCUT2D eigenvalue weighted by Gasteiger charge is -2.06. The van der Waals surface area contributed by atoms with Gasteiger partial charge in [-0.25, -0.2) is 4.98 Å². The number of likely N-dealkylation sites (N-methyl/N-ethyl adjacent to an activating group) is 1. The molecule has 0 fully saturated rings. The van der Waals surface area contributed by atoms with E-state index in [2.05, 4.69) is 9.88 Å². The molecule has 0 unspecified atom stereocenters. The Balaban J connectivity index is 2.78. The van der Waals surface area contributed by atoms with Crippen molar-refractivity contribution in [3.8, 4) is 0 Å². The number of nitrogen functional groups attached to an aromatic ring is 1. The van der Waals surface area contributed by atoms with Gasteiger partial charge >= 0.3 is 0 Å². The monoisotopic (exact) mass is 226 g/mol. The fraction of sp³-hybridized carbons (Fsp3) is 0.600. The molecule has 15 heavy (non-hydrogen) atoms. The number of nitrogens with two attached hydrogens (primary N) is 1. The van der Waals surface area contributed by atoms with Crippen LogP contribution in [0.25, 0.3) is 0 Å². The number of aromatic nitrogens is 1. The van der Waals surface area contributed by atoms with Crippen molar-refractivity contribution in [1.82, 2.24) is 9.88 Å². The summed E-state index contributed by atoms with van der Waals surface area (Å²) < 4.78 is 0. The number of rotatable bonds is 5. The third kappa shape index (κ3) is 3.28. The van der Waals surface area contributed by atoms with Crippen LogP contribution < -0.4 is 5.73 Å². The largest absolute Gasteiger partial charge is 0.383 e. The van der Waals surface area contributed by atoms with Gasteiger partial charge < -0.3 is 10.6 Å². The van der Waals surface area contributed by atoms with Crippen LogP contribution in [0.4, 0.5) is 0 Å². The van der Waals surface area contributed by atoms with Gasteiger partial charge in [-0.15, -0.1) is 11.3 Å². The van der Waals surface area contributed by atoms with Gasteiger partial charge in [0.25, 0.3) is 0 Å². The molecule has 1 rings (SSSR count). The minimum atomic E-state index is 0.139. The van der Waals surface area contributed by atoms with Gasteiger partial charge in [0, 0.05) is 13.0 Å². The Kier molecular flexibility index (Phi) is 4.23. The Morgan fingerprint density at radius 2 is 2.20 bits per heavy atom. The second-order valence-electron chi connectivity index (χ2n) is 3.70. The molecule has 0 bridgehead atoms. The molecular formula is C10H18N4S. The van der Waals surface area contributed by atoms with E-state index in [-0.39, 0.29) is 5.84 Å². The molecule has 0 radical (unpaired) electrons. The molecule has 1 heterocycles. The van der Waals surface area contributed by atoms with Crippen molar-refractivity contribution < 1.29 is 0 Å². The quantitative estimate of drug-likeness (QED) is 0.583. The molecule has 3 N–H and O–H groups in total. The number of nitrogens with zero attached hydrogens (tertiary/aromatic N) is 2. The summed E-state index contributed by atoms with van der Waals surface area (Å²) in [6.07, 6.45) is 1.77. The van der Waals surface area contributed by atoms with Gasteiger partial charge in [0.1, 0.15) is 5.84 Å². The molecule has 0 amide bonds. The SMILES string of the molecule is CCc1nc(CCN(C)C)sc1C(=N)N. The van der Waals surface area contributed by atoms with Gasteiger partial charge in [0.05, 0.1) is 15.6 Å². The normalized spacial score (nSPS) is 10.9. The van der Waals surface area contributed by atoms with E-state index in [1.807, 2.05) is 21.0 Å². The summed E-state index contributed by atoms with van der Waals surface area (Å²) >= 11 is 1.55. The summed E-state index contributed by atoms with van der Waals surface area (Å²) in [7, 11) is 4.08. The van der Waals surface area contributed by atoms with E-state index < -0.39 is 0 Å². The molecule has 0 aromatic carbocycles. The average molecular weight is 226 g/mol. The Morgan fingerprint density at radius 3 is 2.60 bits per heavy atom. The van der Waals surface area contributed by atoms with E-state index in [1.165, 1.54) is 0 Å². The van der Waals surface area contributed by atoms with Crippen molar-refractivity contribution in [2.24, 2.45) is 5.73 Å². The Bertz CT molecular complexity index is 343. The third-order valence-corrected chi connectivity index (χ3v) is 3.28. The molecule has 1 aromatic heterocycles. The number of hydrogen-bond donors (Lipinski definition) is 2. The van der Waals surface area contributed by atoms with E-state index in [0.29, 0.717) is 0 Å². The van der Waals surface area contributed by atoms with Crippen LogP contribution in [0.5, 0.6) is 0 Å². The van der Waals surface area contributed by atoms with E-state index >= 15 is 0 Å². The molecule has 0 saturated heterocycles. The average Bonchev–Trinajstić information content (AvgIpc) is 2.57. The van der Waals surface area contributed by atoms with Crippen molar-refractivity contribution in [1.29, 1.82) is 5.41 Å². The number of thiazole rings is 1. The second-order valence-corrected chi connectivity index (χ2v) is 4.79. The molecule has 4 nitrogen and oxygen atoms in total. The van der Waals surface area contributed by atoms with Crippen LogP contribution in [-0.4, -0.2) is 36.4 Å². The zero-order valence-electron chi connectivity index (χ0n) is 9.50. The van der Waals surface area contributed by atoms with Crippen molar-refractivity contribution in [3.63, 3.8) is 0 Å². The first-order valence-corrected chi connectivity index (χ1v) is 5.84. The van der Waals surface area contributed by atoms with Crippen LogP contribution >= 0.6 is 11.3 Å². The summed E-state index contributed by atoms with van der Waals surface area (Å²) in [6, 6.07) is 0. The van der Waals surface area contributed by atoms with Gasteiger partial charge in [0.2, 0.25) is 0 Å². The smallest absolute Gasteiger partial charge is 0.135 e. The van der Waals surface area contributed by atoms with Gasteiger partial charge in [-0.05, 0) is 20.5 Å². The van der Waals surface area contributed by atoms with Gasteiger partial charge in [0.15, 0.2) is 0 Å². The zero-order valence-corrected chi connectivity index (χ0v) is 10.3. The third-order valence-electron chi connectivity index (χ3n) is 2.09. The van der Waals surface area contributed by atoms with E-state index in [0.717, 1.165) is 35.0 Å². The highest BCUT2D eigenvalue weighted by molar-refractivity contribution is 7.13. The van der Waals surface area contributed by atoms with Gasteiger partial charge in [-0.3, -0.25) is 5.41 Å². The summed E-state index contributed by atoms with van der Waals surface area (Å²) in [6.45, 7) is 3.02. The van der Waals surface area contributed by atoms with Gasteiger partial charge in [-0.2, -0.15) is 0 Å². The van der Waals surface area contributed by atoms with Crippen LogP contribution in [0, 0.1) is 5.41 Å². The Morgan fingerprint density at radius 1 is 1.53 bits per heavy atom. The number of aryl methyl sites for hydroxylation is 1. The summed E-state index contributed by atoms with van der Waals surface area (Å²) in [4.78, 5) is 7.46. The molecule has 0 spiro atoms. The van der Waals surface area contributed by atoms with Crippen molar-refractivity contribution in [2.45, 2.75) is 19.8 Å². The molecule has 84 valence electrons. The van der Waals surface area contributed by atoms with Crippen molar-refractivity contribution >= 4 is 17.2 Å². The summed E-state index contributed by atoms with van der Waals surface area (Å²) in [5.74, 6) is 0.139. The highest BCUT2D eigenvalue weighted by Gasteiger charge is 2.11. The Hall–Kier alpha value is -0.940. The van der Waals surface area contributed by atoms with E-state index in [1.54, 1.807) is 11.3 Å². The first kappa shape index (κ1) is 12.1. The van der Waals surface area contributed by atoms with E-state index in [9.17, 15) is 0 Å². The molecular weight excluding hydrogens is 208 g/mol. The molecule has 0 aliphatic heterocycles. The molecule has 0 aliphatic rings. The summed E-state index contributed by atoms with van der Waals surface area (Å²) in [5, 5.41) is 8.52. The van der Waals surface area contributed by atoms with Crippen molar-refractivity contribution in [2.75, 3.05) is 20.6 Å². The van der Waals surface area contributed by atoms with Gasteiger partial charge in [-0.1, -0.05) is 6.92 Å². The minimum Gasteiger partial charge on any atom is -0.383 e. The predicted octanol–water partition coefficient (Wildman–Crippen LogP) is 1.09. The first-order chi connectivity index (χ1) is 7.04. The first-order valence-electron chi connectivity index (χ1n) is 5.02. The maximum Gasteiger partial charge on any atom is 0.135 e. The molecule has 0 aliphatic carbocycles. The number of amidine groups is 1. The van der Waals surface area contributed by atoms with Crippen LogP contribution in [0.3, 0.4) is 0 Å². The highest BCUT2D eigenvalue weighted by Crippen LogP contribution is 2.19. The van der Waals surface area contributed by atoms with E-state index in [4.69, 9.17) is 11.1 Å². The second kappa shape index (κ2) is 5.23. The standard InChI is InChI=1S/C10H18N4S/c1-4-7-9(10(11)12)15-8(13-7)5-6-14(2)3/h4-6H2,1-3H3,(H3,11,12). The van der Waals surface area contributed by atoms with Crippen LogP contribution in [0.15, 0.2) is 0 Å². The maximum atomic E-state index is 7.45. The van der Waals surface area contributed by atoms with Crippen molar-refractivity contribution in [3.05, 3.63) is 15.6 Å². The predicted molar refractivity (Wildman–Crippen MR) is 64.8 cm³/mol. The minimum absolute atomic E-state index is 0.139. The topological polar surface area (TPSA) is 66.0 Å². The fourth-order valence-electron chi connectivity index (χ4n) is 1.28. The molecule has 0 atom stereocenters. The fourth-order valence-corrected chi connectivity index (χ4v) is 2.28. The maximum absolute atomic E-state index is 7.45. The number of hydrogen-bond acceptors (Lipinski definition) is 4. The molecule has 0 saturated carbocycles. The highest BCUT2D eigenvalue weighted by atomic mass is 32.1. The Labute approximate surface area is 94.6 Å². The lowest BCUT2D eigenvalue weighted by molar-refractivity contribution is 0.413. The lowest BCUT2D eigenvalue weighted by Crippen LogP contribution is -2.14. The van der Waals surface area contributed by atoms with Crippen LogP contribution in [0.1, 0.15) is 22.5 Å². The van der Waals surface area contributed by atoms with Crippen LogP contribution in [-0.2, 0) is 12.8 Å². The number of nitrogens with one attached hydrogen (secondary N) is 1. The lowest BCUT2D eigenvalue weighted by atomic mass is 10.3. The summed E-state index contributed by atoms with van der Waals surface area (Å²) in [5.41, 5.74) is 6.46. The van der Waals surface area contributed by atoms with Crippen LogP contribution in [0.2, 0.25) is 0 Å². The molecule has 1 aromatic rings. The molecule has 5 heteroatoms.